The fraction of sp³-hybridized carbons (Fsp3) is 0.393. The number of nitrogen functional groups attached to an aromatic ring is 1. The minimum absolute atomic E-state index is 0.150. The molecular formula is C28H28Cl2F3N5O3. The zero-order valence-electron chi connectivity index (χ0n) is 22.0. The molecule has 2 saturated heterocycles. The van der Waals surface area contributed by atoms with E-state index in [1.54, 1.807) is 25.1 Å². The Kier molecular flexibility index (Phi) is 7.97. The number of hydrogen-bond donors (Lipinski definition) is 3. The quantitative estimate of drug-likeness (QED) is 0.309. The fourth-order valence-electron chi connectivity index (χ4n) is 5.53. The van der Waals surface area contributed by atoms with Crippen molar-refractivity contribution in [3.63, 3.8) is 0 Å². The van der Waals surface area contributed by atoms with Crippen molar-refractivity contribution >= 4 is 40.9 Å². The topological polar surface area (TPSA) is 114 Å². The smallest absolute Gasteiger partial charge is 0.429 e. The van der Waals surface area contributed by atoms with Crippen LogP contribution in [0.1, 0.15) is 36.5 Å². The highest BCUT2D eigenvalue weighted by molar-refractivity contribution is 6.32. The summed E-state index contributed by atoms with van der Waals surface area (Å²) in [6.45, 7) is 3.45. The number of carbonyl (C=O) groups is 1. The largest absolute Gasteiger partial charge is 0.480 e. The Hall–Kier alpha value is -3.28. The highest BCUT2D eigenvalue weighted by Gasteiger charge is 2.46. The summed E-state index contributed by atoms with van der Waals surface area (Å²) in [5, 5.41) is 13.1. The second kappa shape index (κ2) is 11.2. The molecule has 2 atom stereocenters. The number of aliphatic carboxylic acids is 1. The van der Waals surface area contributed by atoms with Crippen LogP contribution >= 0.6 is 23.2 Å². The maximum atomic E-state index is 14.5. The molecule has 1 spiro atoms. The fourth-order valence-corrected chi connectivity index (χ4v) is 5.88. The number of halogens is 5. The van der Waals surface area contributed by atoms with Crippen LogP contribution in [0.2, 0.25) is 10.0 Å². The van der Waals surface area contributed by atoms with E-state index in [0.717, 1.165) is 5.56 Å². The van der Waals surface area contributed by atoms with Gasteiger partial charge in [0, 0.05) is 41.3 Å². The molecule has 3 aromatic rings. The molecule has 0 radical (unpaired) electrons. The molecule has 41 heavy (non-hydrogen) atoms. The van der Waals surface area contributed by atoms with Gasteiger partial charge < -0.3 is 25.8 Å². The summed E-state index contributed by atoms with van der Waals surface area (Å²) in [6.07, 6.45) is -5.28. The van der Waals surface area contributed by atoms with Gasteiger partial charge in [-0.1, -0.05) is 41.4 Å². The number of hydrogen-bond acceptors (Lipinski definition) is 7. The zero-order valence-corrected chi connectivity index (χ0v) is 23.5. The number of rotatable bonds is 6. The molecule has 4 N–H and O–H groups in total. The number of aromatic nitrogens is 2. The number of nitrogens with one attached hydrogen (secondary N) is 1. The number of aryl methyl sites for hydroxylation is 1. The first-order valence-electron chi connectivity index (χ1n) is 13.0. The van der Waals surface area contributed by atoms with Gasteiger partial charge in [-0.2, -0.15) is 23.1 Å². The second-order valence-electron chi connectivity index (χ2n) is 10.6. The van der Waals surface area contributed by atoms with E-state index in [1.807, 2.05) is 4.90 Å². The first kappa shape index (κ1) is 29.2. The van der Waals surface area contributed by atoms with E-state index in [4.69, 9.17) is 33.7 Å². The SMILES string of the molecule is Cc1ccc(-c2cc(Cl)ccc2C(Oc2cc(N3CCC4(CC3)CN[C@H](C(=O)O)C4)nc(N)n2)C(F)(F)F)cc1Cl. The number of nitrogens with zero attached hydrogens (tertiary/aromatic N) is 3. The van der Waals surface area contributed by atoms with Crippen LogP contribution in [0, 0.1) is 12.3 Å². The van der Waals surface area contributed by atoms with Crippen LogP contribution in [0.3, 0.4) is 0 Å². The number of carboxylic acid groups (broad SMARTS) is 1. The predicted octanol–water partition coefficient (Wildman–Crippen LogP) is 6.06. The number of ether oxygens (including phenoxy) is 1. The van der Waals surface area contributed by atoms with Crippen molar-refractivity contribution in [1.82, 2.24) is 15.3 Å². The van der Waals surface area contributed by atoms with Gasteiger partial charge in [0.2, 0.25) is 17.9 Å². The van der Waals surface area contributed by atoms with Gasteiger partial charge in [0.15, 0.2) is 0 Å². The lowest BCUT2D eigenvalue weighted by atomic mass is 9.76. The van der Waals surface area contributed by atoms with Crippen LogP contribution in [0.5, 0.6) is 5.88 Å². The molecule has 8 nitrogen and oxygen atoms in total. The molecule has 1 unspecified atom stereocenters. The summed E-state index contributed by atoms with van der Waals surface area (Å²) in [4.78, 5) is 21.5. The van der Waals surface area contributed by atoms with Crippen LogP contribution in [0.25, 0.3) is 11.1 Å². The zero-order chi connectivity index (χ0) is 29.5. The number of nitrogens with two attached hydrogens (primary N) is 1. The van der Waals surface area contributed by atoms with Crippen LogP contribution < -0.4 is 20.7 Å². The molecule has 2 fully saturated rings. The normalized spacial score (nSPS) is 19.4. The van der Waals surface area contributed by atoms with Gasteiger partial charge in [-0.3, -0.25) is 4.79 Å². The van der Waals surface area contributed by atoms with E-state index in [1.165, 1.54) is 24.3 Å². The Morgan fingerprint density at radius 3 is 2.54 bits per heavy atom. The van der Waals surface area contributed by atoms with Gasteiger partial charge in [-0.15, -0.1) is 0 Å². The van der Waals surface area contributed by atoms with E-state index in [-0.39, 0.29) is 33.4 Å². The third-order valence-corrected chi connectivity index (χ3v) is 8.47. The predicted molar refractivity (Wildman–Crippen MR) is 150 cm³/mol. The first-order chi connectivity index (χ1) is 19.3. The van der Waals surface area contributed by atoms with Gasteiger partial charge in [0.05, 0.1) is 0 Å². The Morgan fingerprint density at radius 1 is 1.17 bits per heavy atom. The van der Waals surface area contributed by atoms with Crippen molar-refractivity contribution < 1.29 is 27.8 Å². The molecule has 1 aromatic heterocycles. The van der Waals surface area contributed by atoms with E-state index in [2.05, 4.69) is 15.3 Å². The highest BCUT2D eigenvalue weighted by Crippen LogP contribution is 2.44. The molecule has 0 bridgehead atoms. The van der Waals surface area contributed by atoms with Crippen LogP contribution in [-0.2, 0) is 4.79 Å². The lowest BCUT2D eigenvalue weighted by molar-refractivity contribution is -0.198. The molecule has 0 amide bonds. The summed E-state index contributed by atoms with van der Waals surface area (Å²) in [7, 11) is 0. The van der Waals surface area contributed by atoms with Crippen molar-refractivity contribution in [1.29, 1.82) is 0 Å². The number of anilines is 2. The standard InChI is InChI=1S/C28H28Cl2F3N5O3/c1-15-2-3-16(10-20(15)30)19-11-17(29)4-5-18(19)24(28(31,32)33)41-23-12-22(36-26(34)37-23)38-8-6-27(7-9-38)13-21(25(39)40)35-14-27/h2-5,10-12,21,24,35H,6-9,13-14H2,1H3,(H,39,40)(H2,34,36,37)/t21-,24?/m0/s1. The summed E-state index contributed by atoms with van der Waals surface area (Å²) < 4.78 is 49.1. The lowest BCUT2D eigenvalue weighted by Crippen LogP contribution is -2.41. The minimum atomic E-state index is -4.81. The molecular weight excluding hydrogens is 582 g/mol. The third kappa shape index (κ3) is 6.32. The molecule has 13 heteroatoms. The average Bonchev–Trinajstić information content (AvgIpc) is 3.32. The van der Waals surface area contributed by atoms with Gasteiger partial charge in [-0.05, 0) is 66.5 Å². The van der Waals surface area contributed by atoms with Crippen LogP contribution in [0.15, 0.2) is 42.5 Å². The van der Waals surface area contributed by atoms with E-state index >= 15 is 0 Å². The number of piperidine rings is 1. The van der Waals surface area contributed by atoms with Gasteiger partial charge in [0.1, 0.15) is 11.9 Å². The number of carboxylic acids is 1. The molecule has 2 aromatic carbocycles. The lowest BCUT2D eigenvalue weighted by Gasteiger charge is -2.39. The Bertz CT molecular complexity index is 1460. The Labute approximate surface area is 244 Å². The molecule has 2 aliphatic rings. The Morgan fingerprint density at radius 2 is 1.90 bits per heavy atom. The molecule has 3 heterocycles. The minimum Gasteiger partial charge on any atom is -0.480 e. The van der Waals surface area contributed by atoms with Crippen LogP contribution in [-0.4, -0.2) is 52.9 Å². The summed E-state index contributed by atoms with van der Waals surface area (Å²) in [5.41, 5.74) is 7.04. The van der Waals surface area contributed by atoms with E-state index in [0.29, 0.717) is 55.3 Å². The van der Waals surface area contributed by atoms with Crippen molar-refractivity contribution in [2.45, 2.75) is 44.5 Å². The first-order valence-corrected chi connectivity index (χ1v) is 13.7. The Balaban J connectivity index is 1.42. The molecule has 0 aliphatic carbocycles. The van der Waals surface area contributed by atoms with Crippen molar-refractivity contribution in [2.75, 3.05) is 30.3 Å². The summed E-state index contributed by atoms with van der Waals surface area (Å²) in [6, 6.07) is 9.83. The summed E-state index contributed by atoms with van der Waals surface area (Å²) in [5.74, 6) is -1.09. The van der Waals surface area contributed by atoms with Gasteiger partial charge in [-0.25, -0.2) is 0 Å². The van der Waals surface area contributed by atoms with Crippen molar-refractivity contribution in [2.24, 2.45) is 5.41 Å². The maximum absolute atomic E-state index is 14.5. The van der Waals surface area contributed by atoms with Crippen molar-refractivity contribution in [3.8, 4) is 17.0 Å². The molecule has 218 valence electrons. The third-order valence-electron chi connectivity index (χ3n) is 7.83. The number of alkyl halides is 3. The molecule has 0 saturated carbocycles. The van der Waals surface area contributed by atoms with E-state index in [9.17, 15) is 23.1 Å². The second-order valence-corrected chi connectivity index (χ2v) is 11.5. The average molecular weight is 610 g/mol. The molecule has 2 aliphatic heterocycles. The molecule has 5 rings (SSSR count). The number of benzene rings is 2. The maximum Gasteiger partial charge on any atom is 0.429 e. The van der Waals surface area contributed by atoms with Crippen LogP contribution in [0.4, 0.5) is 24.9 Å². The van der Waals surface area contributed by atoms with Crippen molar-refractivity contribution in [3.05, 3.63) is 63.6 Å². The summed E-state index contributed by atoms with van der Waals surface area (Å²) >= 11 is 12.5. The highest BCUT2D eigenvalue weighted by atomic mass is 35.5. The monoisotopic (exact) mass is 609 g/mol. The van der Waals surface area contributed by atoms with Gasteiger partial charge in [0.25, 0.3) is 0 Å². The van der Waals surface area contributed by atoms with Gasteiger partial charge >= 0.3 is 12.1 Å². The van der Waals surface area contributed by atoms with E-state index < -0.39 is 24.3 Å².